The van der Waals surface area contributed by atoms with Crippen LogP contribution in [-0.2, 0) is 9.53 Å². The molecule has 1 fully saturated rings. The van der Waals surface area contributed by atoms with E-state index < -0.39 is 17.9 Å². The van der Waals surface area contributed by atoms with E-state index in [0.29, 0.717) is 25.3 Å². The van der Waals surface area contributed by atoms with Crippen LogP contribution in [0.5, 0.6) is 0 Å². The Morgan fingerprint density at radius 3 is 2.65 bits per heavy atom. The molecule has 1 aliphatic heterocycles. The summed E-state index contributed by atoms with van der Waals surface area (Å²) in [5, 5.41) is 11.8. The molecule has 1 aromatic rings. The molecule has 0 saturated carbocycles. The minimum absolute atomic E-state index is 0.0309. The van der Waals surface area contributed by atoms with Crippen molar-refractivity contribution in [3.63, 3.8) is 0 Å². The molecule has 2 heterocycles. The minimum atomic E-state index is -0.934. The molecule has 9 nitrogen and oxygen atoms in total. The molecule has 1 unspecified atom stereocenters. The fraction of sp³-hybridized carbons (Fsp3) is 0.529. The van der Waals surface area contributed by atoms with E-state index in [-0.39, 0.29) is 18.6 Å². The maximum Gasteiger partial charge on any atom is 0.339 e. The molecule has 1 atom stereocenters. The lowest BCUT2D eigenvalue weighted by Gasteiger charge is -2.41. The van der Waals surface area contributed by atoms with Gasteiger partial charge in [0.05, 0.1) is 24.1 Å². The summed E-state index contributed by atoms with van der Waals surface area (Å²) < 4.78 is 4.91. The first-order valence-corrected chi connectivity index (χ1v) is 8.44. The van der Waals surface area contributed by atoms with Crippen LogP contribution in [0, 0.1) is 5.92 Å². The number of carbonyl (C=O) groups is 3. The molecule has 0 radical (unpaired) electrons. The van der Waals surface area contributed by atoms with E-state index in [1.165, 1.54) is 11.1 Å². The molecule has 0 aliphatic carbocycles. The van der Waals surface area contributed by atoms with Gasteiger partial charge in [0.15, 0.2) is 0 Å². The number of esters is 1. The predicted octanol–water partition coefficient (Wildman–Crippen LogP) is 0.809. The van der Waals surface area contributed by atoms with Gasteiger partial charge >= 0.3 is 18.0 Å². The Balaban J connectivity index is 1.79. The van der Waals surface area contributed by atoms with Crippen molar-refractivity contribution < 1.29 is 24.2 Å². The highest BCUT2D eigenvalue weighted by Gasteiger charge is 2.30. The van der Waals surface area contributed by atoms with Crippen LogP contribution in [0.15, 0.2) is 18.3 Å². The van der Waals surface area contributed by atoms with Crippen molar-refractivity contribution in [1.82, 2.24) is 15.2 Å². The Bertz CT molecular complexity index is 658. The van der Waals surface area contributed by atoms with Crippen molar-refractivity contribution in [3.05, 3.63) is 23.9 Å². The van der Waals surface area contributed by atoms with Crippen molar-refractivity contribution in [2.24, 2.45) is 5.92 Å². The summed E-state index contributed by atoms with van der Waals surface area (Å²) in [6.45, 7) is 4.96. The largest absolute Gasteiger partial charge is 0.481 e. The Morgan fingerprint density at radius 1 is 1.42 bits per heavy atom. The molecular formula is C17H24N4O5. The molecule has 1 saturated heterocycles. The number of pyridine rings is 1. The SMILES string of the molecule is CCOC(=O)c1ccc(N2CC(NC(=O)N(C)CC(C)C(=O)O)C2)nc1. The number of carboxylic acids is 1. The fourth-order valence-electron chi connectivity index (χ4n) is 2.52. The number of carbonyl (C=O) groups excluding carboxylic acids is 2. The first-order chi connectivity index (χ1) is 12.3. The van der Waals surface area contributed by atoms with Gasteiger partial charge in [-0.1, -0.05) is 6.92 Å². The second-order valence-electron chi connectivity index (χ2n) is 6.30. The number of hydrogen-bond donors (Lipinski definition) is 2. The predicted molar refractivity (Wildman–Crippen MR) is 94.2 cm³/mol. The van der Waals surface area contributed by atoms with Gasteiger partial charge in [-0.25, -0.2) is 14.6 Å². The van der Waals surface area contributed by atoms with Crippen molar-refractivity contribution in [2.45, 2.75) is 19.9 Å². The third-order valence-corrected chi connectivity index (χ3v) is 4.11. The van der Waals surface area contributed by atoms with Gasteiger partial charge in [-0.15, -0.1) is 0 Å². The zero-order valence-corrected chi connectivity index (χ0v) is 15.1. The second kappa shape index (κ2) is 8.50. The molecule has 2 N–H and O–H groups in total. The number of hydrogen-bond acceptors (Lipinski definition) is 6. The first kappa shape index (κ1) is 19.5. The second-order valence-corrected chi connectivity index (χ2v) is 6.30. The van der Waals surface area contributed by atoms with E-state index in [4.69, 9.17) is 9.84 Å². The number of nitrogens with zero attached hydrogens (tertiary/aromatic N) is 3. The molecule has 142 valence electrons. The van der Waals surface area contributed by atoms with Crippen LogP contribution in [-0.4, -0.2) is 72.3 Å². The Kier molecular flexibility index (Phi) is 6.37. The lowest BCUT2D eigenvalue weighted by molar-refractivity contribution is -0.141. The lowest BCUT2D eigenvalue weighted by atomic mass is 10.1. The Labute approximate surface area is 151 Å². The molecule has 2 rings (SSSR count). The number of ether oxygens (including phenoxy) is 1. The van der Waals surface area contributed by atoms with Gasteiger partial charge in [0.2, 0.25) is 0 Å². The van der Waals surface area contributed by atoms with E-state index in [9.17, 15) is 14.4 Å². The maximum atomic E-state index is 12.1. The fourth-order valence-corrected chi connectivity index (χ4v) is 2.52. The number of aliphatic carboxylic acids is 1. The summed E-state index contributed by atoms with van der Waals surface area (Å²) in [6.07, 6.45) is 1.47. The number of anilines is 1. The van der Waals surface area contributed by atoms with Gasteiger partial charge in [0, 0.05) is 32.9 Å². The molecular weight excluding hydrogens is 340 g/mol. The number of amides is 2. The van der Waals surface area contributed by atoms with Crippen LogP contribution in [0.3, 0.4) is 0 Å². The normalized spacial score (nSPS) is 15.0. The van der Waals surface area contributed by atoms with Crippen LogP contribution in [0.2, 0.25) is 0 Å². The zero-order valence-electron chi connectivity index (χ0n) is 15.1. The van der Waals surface area contributed by atoms with Crippen LogP contribution in [0.25, 0.3) is 0 Å². The summed E-state index contributed by atoms with van der Waals surface area (Å²) in [5.74, 6) is -1.24. The van der Waals surface area contributed by atoms with Gasteiger partial charge in [-0.2, -0.15) is 0 Å². The average Bonchev–Trinajstić information content (AvgIpc) is 2.57. The lowest BCUT2D eigenvalue weighted by Crippen LogP contribution is -2.61. The maximum absolute atomic E-state index is 12.1. The third kappa shape index (κ3) is 4.84. The summed E-state index contributed by atoms with van der Waals surface area (Å²) in [4.78, 5) is 42.1. The highest BCUT2D eigenvalue weighted by molar-refractivity contribution is 5.89. The molecule has 26 heavy (non-hydrogen) atoms. The summed E-state index contributed by atoms with van der Waals surface area (Å²) >= 11 is 0. The van der Waals surface area contributed by atoms with Crippen molar-refractivity contribution in [2.75, 3.05) is 38.2 Å². The Morgan fingerprint density at radius 2 is 2.12 bits per heavy atom. The van der Waals surface area contributed by atoms with E-state index >= 15 is 0 Å². The van der Waals surface area contributed by atoms with Crippen molar-refractivity contribution in [3.8, 4) is 0 Å². The molecule has 0 aromatic carbocycles. The monoisotopic (exact) mass is 364 g/mol. The summed E-state index contributed by atoms with van der Waals surface area (Å²) in [7, 11) is 1.57. The summed E-state index contributed by atoms with van der Waals surface area (Å²) in [5.41, 5.74) is 0.398. The number of carboxylic acid groups (broad SMARTS) is 1. The molecule has 0 bridgehead atoms. The smallest absolute Gasteiger partial charge is 0.339 e. The molecule has 1 aliphatic rings. The quantitative estimate of drug-likeness (QED) is 0.689. The van der Waals surface area contributed by atoms with E-state index in [1.807, 2.05) is 4.90 Å². The first-order valence-electron chi connectivity index (χ1n) is 8.44. The van der Waals surface area contributed by atoms with Crippen LogP contribution >= 0.6 is 0 Å². The van der Waals surface area contributed by atoms with E-state index in [1.54, 1.807) is 33.0 Å². The molecule has 2 amide bonds. The van der Waals surface area contributed by atoms with Gasteiger partial charge in [-0.05, 0) is 19.1 Å². The number of rotatable bonds is 7. The van der Waals surface area contributed by atoms with Gasteiger partial charge in [0.1, 0.15) is 5.82 Å². The van der Waals surface area contributed by atoms with Gasteiger partial charge in [-0.3, -0.25) is 4.79 Å². The molecule has 0 spiro atoms. The Hall–Kier alpha value is -2.84. The highest BCUT2D eigenvalue weighted by Crippen LogP contribution is 2.19. The molecule has 9 heteroatoms. The summed E-state index contributed by atoms with van der Waals surface area (Å²) in [6, 6.07) is 3.07. The standard InChI is InChI=1S/C17H24N4O5/c1-4-26-16(24)12-5-6-14(18-7-12)21-9-13(10-21)19-17(25)20(3)8-11(2)15(22)23/h5-7,11,13H,4,8-10H2,1-3H3,(H,19,25)(H,22,23). The van der Waals surface area contributed by atoms with Crippen LogP contribution in [0.4, 0.5) is 10.6 Å². The number of nitrogens with one attached hydrogen (secondary N) is 1. The zero-order chi connectivity index (χ0) is 19.3. The van der Waals surface area contributed by atoms with Crippen molar-refractivity contribution in [1.29, 1.82) is 0 Å². The van der Waals surface area contributed by atoms with Crippen molar-refractivity contribution >= 4 is 23.8 Å². The van der Waals surface area contributed by atoms with Gasteiger partial charge in [0.25, 0.3) is 0 Å². The highest BCUT2D eigenvalue weighted by atomic mass is 16.5. The van der Waals surface area contributed by atoms with Crippen LogP contribution in [0.1, 0.15) is 24.2 Å². The average molecular weight is 364 g/mol. The topological polar surface area (TPSA) is 112 Å². The number of urea groups is 1. The van der Waals surface area contributed by atoms with E-state index in [2.05, 4.69) is 10.3 Å². The van der Waals surface area contributed by atoms with Crippen LogP contribution < -0.4 is 10.2 Å². The minimum Gasteiger partial charge on any atom is -0.481 e. The van der Waals surface area contributed by atoms with Gasteiger partial charge < -0.3 is 25.0 Å². The van der Waals surface area contributed by atoms with E-state index in [0.717, 1.165) is 5.82 Å². The number of aromatic nitrogens is 1. The molecule has 1 aromatic heterocycles. The third-order valence-electron chi connectivity index (χ3n) is 4.11.